The van der Waals surface area contributed by atoms with Crippen molar-refractivity contribution in [3.63, 3.8) is 0 Å². The Labute approximate surface area is 149 Å². The van der Waals surface area contributed by atoms with Crippen molar-refractivity contribution >= 4 is 43.5 Å². The molecule has 0 bridgehead atoms. The van der Waals surface area contributed by atoms with E-state index in [4.69, 9.17) is 4.74 Å². The van der Waals surface area contributed by atoms with E-state index in [1.54, 1.807) is 0 Å². The van der Waals surface area contributed by atoms with Crippen LogP contribution in [0.2, 0.25) is 0 Å². The molecule has 0 amide bonds. The van der Waals surface area contributed by atoms with Crippen LogP contribution in [-0.4, -0.2) is 26.1 Å². The van der Waals surface area contributed by atoms with Gasteiger partial charge in [-0.05, 0) is 27.7 Å². The first-order valence-electron chi connectivity index (χ1n) is 6.61. The fraction of sp³-hybridized carbons (Fsp3) is 0.571. The molecule has 0 aliphatic carbocycles. The highest BCUT2D eigenvalue weighted by Gasteiger charge is 2.34. The van der Waals surface area contributed by atoms with Gasteiger partial charge in [0.15, 0.2) is 5.75 Å². The van der Waals surface area contributed by atoms with Crippen molar-refractivity contribution in [3.8, 4) is 5.75 Å². The number of hydrogen-bond acceptors (Lipinski definition) is 4. The Morgan fingerprint density at radius 2 is 1.83 bits per heavy atom. The second-order valence-electron chi connectivity index (χ2n) is 6.00. The van der Waals surface area contributed by atoms with E-state index in [9.17, 15) is 18.0 Å². The second-order valence-corrected chi connectivity index (χ2v) is 10.1. The van der Waals surface area contributed by atoms with Crippen LogP contribution in [-0.2, 0) is 11.0 Å². The van der Waals surface area contributed by atoms with Crippen molar-refractivity contribution in [3.05, 3.63) is 18.0 Å². The third kappa shape index (κ3) is 6.66. The number of anilines is 1. The van der Waals surface area contributed by atoms with E-state index in [0.29, 0.717) is 12.6 Å². The van der Waals surface area contributed by atoms with E-state index in [2.05, 4.69) is 42.2 Å². The lowest BCUT2D eigenvalue weighted by atomic mass is 10.2. The maximum atomic E-state index is 12.8. The molecule has 1 N–H and O–H groups in total. The molecule has 0 saturated carbocycles. The quantitative estimate of drug-likeness (QED) is 0.507. The van der Waals surface area contributed by atoms with Crippen LogP contribution in [0.25, 0.3) is 0 Å². The largest absolute Gasteiger partial charge is 0.433 e. The van der Waals surface area contributed by atoms with E-state index in [0.717, 1.165) is 6.20 Å². The molecular formula is C14H17Br2F3N2O2. The van der Waals surface area contributed by atoms with Gasteiger partial charge >= 0.3 is 12.1 Å². The van der Waals surface area contributed by atoms with Gasteiger partial charge in [-0.1, -0.05) is 31.9 Å². The molecule has 0 radical (unpaired) electrons. The maximum absolute atomic E-state index is 12.8. The minimum absolute atomic E-state index is 0.204. The number of halogens is 5. The van der Waals surface area contributed by atoms with Crippen molar-refractivity contribution < 1.29 is 22.7 Å². The molecule has 1 aromatic heterocycles. The fourth-order valence-corrected chi connectivity index (χ4v) is 1.56. The zero-order valence-electron chi connectivity index (χ0n) is 13.0. The lowest BCUT2D eigenvalue weighted by Crippen LogP contribution is -2.30. The van der Waals surface area contributed by atoms with Gasteiger partial charge in [-0.2, -0.15) is 13.2 Å². The van der Waals surface area contributed by atoms with Crippen LogP contribution < -0.4 is 10.1 Å². The summed E-state index contributed by atoms with van der Waals surface area (Å²) in [4.78, 5) is 15.3. The summed E-state index contributed by atoms with van der Waals surface area (Å²) >= 11 is 6.53. The van der Waals surface area contributed by atoms with Crippen LogP contribution in [0.1, 0.15) is 33.4 Å². The maximum Gasteiger partial charge on any atom is 0.433 e. The predicted octanol–water partition coefficient (Wildman–Crippen LogP) is 4.76. The number of esters is 1. The summed E-state index contributed by atoms with van der Waals surface area (Å²) in [6.07, 6.45) is -3.62. The van der Waals surface area contributed by atoms with Gasteiger partial charge < -0.3 is 10.1 Å². The van der Waals surface area contributed by atoms with Crippen molar-refractivity contribution in [2.45, 2.75) is 42.5 Å². The molecule has 1 heterocycles. The zero-order chi connectivity index (χ0) is 18.1. The number of aromatic nitrogens is 1. The topological polar surface area (TPSA) is 51.2 Å². The number of nitrogens with one attached hydrogen (secondary N) is 1. The van der Waals surface area contributed by atoms with Crippen LogP contribution in [0.5, 0.6) is 5.75 Å². The number of carbonyl (C=O) groups excluding carboxylic acids is 1. The van der Waals surface area contributed by atoms with Crippen LogP contribution in [0.3, 0.4) is 0 Å². The molecule has 0 aromatic carbocycles. The second kappa shape index (κ2) is 6.96. The first-order chi connectivity index (χ1) is 10.2. The van der Waals surface area contributed by atoms with Crippen molar-refractivity contribution in [2.24, 2.45) is 0 Å². The summed E-state index contributed by atoms with van der Waals surface area (Å²) in [7, 11) is 0. The Balaban J connectivity index is 3.16. The summed E-state index contributed by atoms with van der Waals surface area (Å²) in [5.41, 5.74) is -0.924. The first-order valence-corrected chi connectivity index (χ1v) is 8.20. The molecule has 0 aliphatic heterocycles. The minimum Gasteiger partial charge on any atom is -0.423 e. The molecule has 4 nitrogen and oxygen atoms in total. The third-order valence-electron chi connectivity index (χ3n) is 2.54. The molecule has 1 rings (SSSR count). The van der Waals surface area contributed by atoms with Gasteiger partial charge in [0.2, 0.25) is 0 Å². The molecular weight excluding hydrogens is 445 g/mol. The highest BCUT2D eigenvalue weighted by Crippen LogP contribution is 2.34. The van der Waals surface area contributed by atoms with E-state index in [1.807, 2.05) is 13.8 Å². The molecule has 0 fully saturated rings. The molecule has 0 unspecified atom stereocenters. The highest BCUT2D eigenvalue weighted by atomic mass is 79.9. The molecule has 0 aliphatic rings. The number of ether oxygens (including phenoxy) is 1. The van der Waals surface area contributed by atoms with E-state index in [-0.39, 0.29) is 15.8 Å². The molecule has 0 atom stereocenters. The van der Waals surface area contributed by atoms with Crippen molar-refractivity contribution in [1.82, 2.24) is 4.98 Å². The van der Waals surface area contributed by atoms with Gasteiger partial charge in [-0.3, -0.25) is 4.79 Å². The van der Waals surface area contributed by atoms with Gasteiger partial charge in [0.05, 0.1) is 11.9 Å². The van der Waals surface area contributed by atoms with E-state index < -0.39 is 22.2 Å². The third-order valence-corrected chi connectivity index (χ3v) is 3.15. The Bertz CT molecular complexity index is 579. The number of carbonyl (C=O) groups is 1. The predicted molar refractivity (Wildman–Crippen MR) is 89.4 cm³/mol. The standard InChI is InChI=1S/C14H17Br2F3N2O2/c1-12(2,15)7-21-8-6-20-10(14(17,18)19)5-9(8)23-11(22)13(3,4)16/h5-6,21H,7H2,1-4H3. The fourth-order valence-electron chi connectivity index (χ4n) is 1.34. The molecule has 1 aromatic rings. The van der Waals surface area contributed by atoms with Gasteiger partial charge in [-0.15, -0.1) is 0 Å². The Morgan fingerprint density at radius 1 is 1.26 bits per heavy atom. The Kier molecular flexibility index (Phi) is 6.12. The monoisotopic (exact) mass is 460 g/mol. The number of nitrogens with zero attached hydrogens (tertiary/aromatic N) is 1. The summed E-state index contributed by atoms with van der Waals surface area (Å²) in [6.45, 7) is 7.23. The van der Waals surface area contributed by atoms with Crippen LogP contribution in [0, 0.1) is 0 Å². The van der Waals surface area contributed by atoms with Crippen LogP contribution >= 0.6 is 31.9 Å². The summed E-state index contributed by atoms with van der Waals surface area (Å²) in [5, 5.41) is 2.92. The number of pyridine rings is 1. The number of hydrogen-bond donors (Lipinski definition) is 1. The summed E-state index contributed by atoms with van der Waals surface area (Å²) in [6, 6.07) is 0.709. The molecule has 0 spiro atoms. The Hall–Kier alpha value is -0.830. The normalized spacial score (nSPS) is 12.9. The van der Waals surface area contributed by atoms with Gasteiger partial charge in [0, 0.05) is 16.9 Å². The SMILES string of the molecule is CC(C)(Br)CNc1cnc(C(F)(F)F)cc1OC(=O)C(C)(C)Br. The molecule has 0 saturated heterocycles. The van der Waals surface area contributed by atoms with Gasteiger partial charge in [0.1, 0.15) is 10.0 Å². The lowest BCUT2D eigenvalue weighted by Gasteiger charge is -2.21. The number of rotatable bonds is 5. The summed E-state index contributed by atoms with van der Waals surface area (Å²) in [5.74, 6) is -0.931. The lowest BCUT2D eigenvalue weighted by molar-refractivity contribution is -0.142. The highest BCUT2D eigenvalue weighted by molar-refractivity contribution is 9.10. The molecule has 9 heteroatoms. The van der Waals surface area contributed by atoms with Gasteiger partial charge in [0.25, 0.3) is 0 Å². The molecule has 23 heavy (non-hydrogen) atoms. The van der Waals surface area contributed by atoms with Crippen molar-refractivity contribution in [2.75, 3.05) is 11.9 Å². The average Bonchev–Trinajstić information content (AvgIpc) is 2.33. The Morgan fingerprint density at radius 3 is 2.26 bits per heavy atom. The molecule has 130 valence electrons. The zero-order valence-corrected chi connectivity index (χ0v) is 16.2. The van der Waals surface area contributed by atoms with Crippen LogP contribution in [0.4, 0.5) is 18.9 Å². The van der Waals surface area contributed by atoms with E-state index >= 15 is 0 Å². The van der Waals surface area contributed by atoms with Crippen LogP contribution in [0.15, 0.2) is 12.3 Å². The van der Waals surface area contributed by atoms with E-state index in [1.165, 1.54) is 13.8 Å². The number of alkyl halides is 5. The smallest absolute Gasteiger partial charge is 0.423 e. The summed E-state index contributed by atoms with van der Waals surface area (Å²) < 4.78 is 42.2. The average molecular weight is 462 g/mol. The minimum atomic E-state index is -4.63. The van der Waals surface area contributed by atoms with Crippen molar-refractivity contribution in [1.29, 1.82) is 0 Å². The first kappa shape index (κ1) is 20.2. The van der Waals surface area contributed by atoms with Gasteiger partial charge in [-0.25, -0.2) is 4.98 Å².